The number of nitrogens with one attached hydrogen (secondary N) is 1. The first kappa shape index (κ1) is 14.3. The molecule has 0 saturated heterocycles. The van der Waals surface area contributed by atoms with Gasteiger partial charge in [0, 0.05) is 17.2 Å². The predicted octanol–water partition coefficient (Wildman–Crippen LogP) is 3.85. The van der Waals surface area contributed by atoms with Crippen LogP contribution in [0.4, 0.5) is 4.39 Å². The molecule has 0 amide bonds. The van der Waals surface area contributed by atoms with E-state index in [1.54, 1.807) is 12.1 Å². The van der Waals surface area contributed by atoms with Crippen LogP contribution in [0.1, 0.15) is 19.4 Å². The summed E-state index contributed by atoms with van der Waals surface area (Å²) in [6.07, 6.45) is 1.79. The summed E-state index contributed by atoms with van der Waals surface area (Å²) in [7, 11) is 0. The Morgan fingerprint density at radius 3 is 2.88 bits per heavy atom. The van der Waals surface area contributed by atoms with Gasteiger partial charge in [-0.25, -0.2) is 4.39 Å². The minimum Gasteiger partial charge on any atom is -0.312 e. The van der Waals surface area contributed by atoms with Crippen LogP contribution in [0.2, 0.25) is 0 Å². The van der Waals surface area contributed by atoms with E-state index in [0.717, 1.165) is 29.3 Å². The van der Waals surface area contributed by atoms with Crippen molar-refractivity contribution in [3.63, 3.8) is 0 Å². The molecule has 0 atom stereocenters. The van der Waals surface area contributed by atoms with E-state index in [1.807, 2.05) is 6.07 Å². The molecule has 0 heterocycles. The first-order valence-corrected chi connectivity index (χ1v) is 6.85. The monoisotopic (exact) mass is 253 g/mol. The van der Waals surface area contributed by atoms with Gasteiger partial charge in [-0.2, -0.15) is 0 Å². The maximum atomic E-state index is 13.7. The number of halogens is 1. The SMILES string of the molecule is C=CCSc1c(F)cccc1CNCC(C)C. The van der Waals surface area contributed by atoms with Gasteiger partial charge in [0.15, 0.2) is 0 Å². The molecule has 0 aliphatic rings. The molecule has 0 spiro atoms. The molecule has 1 N–H and O–H groups in total. The van der Waals surface area contributed by atoms with Crippen LogP contribution in [0, 0.1) is 11.7 Å². The zero-order chi connectivity index (χ0) is 12.7. The Kier molecular flexibility index (Phi) is 6.30. The van der Waals surface area contributed by atoms with Crippen molar-refractivity contribution >= 4 is 11.8 Å². The van der Waals surface area contributed by atoms with Gasteiger partial charge in [-0.05, 0) is 24.1 Å². The quantitative estimate of drug-likeness (QED) is 0.585. The maximum Gasteiger partial charge on any atom is 0.137 e. The van der Waals surface area contributed by atoms with Crippen molar-refractivity contribution in [2.24, 2.45) is 5.92 Å². The summed E-state index contributed by atoms with van der Waals surface area (Å²) >= 11 is 1.50. The smallest absolute Gasteiger partial charge is 0.137 e. The van der Waals surface area contributed by atoms with Crippen LogP contribution < -0.4 is 5.32 Å². The third-order valence-electron chi connectivity index (χ3n) is 2.26. The first-order chi connectivity index (χ1) is 8.15. The van der Waals surface area contributed by atoms with Crippen LogP contribution in [0.25, 0.3) is 0 Å². The summed E-state index contributed by atoms with van der Waals surface area (Å²) in [5.74, 6) is 1.20. The Labute approximate surface area is 107 Å². The predicted molar refractivity (Wildman–Crippen MR) is 73.9 cm³/mol. The van der Waals surface area contributed by atoms with Gasteiger partial charge in [0.05, 0.1) is 0 Å². The fourth-order valence-electron chi connectivity index (χ4n) is 1.49. The van der Waals surface area contributed by atoms with Crippen LogP contribution in [0.15, 0.2) is 35.7 Å². The number of hydrogen-bond acceptors (Lipinski definition) is 2. The molecular weight excluding hydrogens is 233 g/mol. The molecule has 0 unspecified atom stereocenters. The fourth-order valence-corrected chi connectivity index (χ4v) is 2.31. The number of benzene rings is 1. The van der Waals surface area contributed by atoms with E-state index < -0.39 is 0 Å². The summed E-state index contributed by atoms with van der Waals surface area (Å²) in [4.78, 5) is 0.739. The topological polar surface area (TPSA) is 12.0 Å². The van der Waals surface area contributed by atoms with Gasteiger partial charge in [-0.3, -0.25) is 0 Å². The molecule has 0 aliphatic carbocycles. The largest absolute Gasteiger partial charge is 0.312 e. The third kappa shape index (κ3) is 4.92. The van der Waals surface area contributed by atoms with Crippen LogP contribution in [0.3, 0.4) is 0 Å². The molecule has 0 saturated carbocycles. The van der Waals surface area contributed by atoms with E-state index in [1.165, 1.54) is 17.8 Å². The molecule has 0 radical (unpaired) electrons. The van der Waals surface area contributed by atoms with E-state index >= 15 is 0 Å². The highest BCUT2D eigenvalue weighted by molar-refractivity contribution is 7.99. The zero-order valence-electron chi connectivity index (χ0n) is 10.5. The van der Waals surface area contributed by atoms with Crippen LogP contribution in [-0.4, -0.2) is 12.3 Å². The zero-order valence-corrected chi connectivity index (χ0v) is 11.3. The maximum absolute atomic E-state index is 13.7. The molecule has 1 rings (SSSR count). The molecule has 1 nitrogen and oxygen atoms in total. The number of thioether (sulfide) groups is 1. The molecule has 0 aromatic heterocycles. The second-order valence-electron chi connectivity index (χ2n) is 4.35. The van der Waals surface area contributed by atoms with E-state index in [2.05, 4.69) is 25.7 Å². The summed E-state index contributed by atoms with van der Waals surface area (Å²) in [6, 6.07) is 5.25. The molecule has 3 heteroatoms. The normalized spacial score (nSPS) is 10.8. The van der Waals surface area contributed by atoms with Crippen molar-refractivity contribution < 1.29 is 4.39 Å². The molecule has 0 fully saturated rings. The molecule has 1 aromatic carbocycles. The van der Waals surface area contributed by atoms with E-state index in [9.17, 15) is 4.39 Å². The Balaban J connectivity index is 2.68. The minimum absolute atomic E-state index is 0.138. The van der Waals surface area contributed by atoms with Crippen molar-refractivity contribution in [2.75, 3.05) is 12.3 Å². The van der Waals surface area contributed by atoms with Gasteiger partial charge in [0.25, 0.3) is 0 Å². The number of rotatable bonds is 7. The van der Waals surface area contributed by atoms with E-state index in [0.29, 0.717) is 5.92 Å². The van der Waals surface area contributed by atoms with Crippen molar-refractivity contribution in [1.29, 1.82) is 0 Å². The van der Waals surface area contributed by atoms with Crippen molar-refractivity contribution in [2.45, 2.75) is 25.3 Å². The Morgan fingerprint density at radius 2 is 2.24 bits per heavy atom. The van der Waals surface area contributed by atoms with E-state index in [-0.39, 0.29) is 5.82 Å². The standard InChI is InChI=1S/C14H20FNS/c1-4-8-17-14-12(6-5-7-13(14)15)10-16-9-11(2)3/h4-7,11,16H,1,8-10H2,2-3H3. The van der Waals surface area contributed by atoms with Crippen molar-refractivity contribution in [1.82, 2.24) is 5.32 Å². The van der Waals surface area contributed by atoms with Crippen LogP contribution >= 0.6 is 11.8 Å². The van der Waals surface area contributed by atoms with Gasteiger partial charge < -0.3 is 5.32 Å². The highest BCUT2D eigenvalue weighted by Gasteiger charge is 2.08. The second-order valence-corrected chi connectivity index (χ2v) is 5.38. The molecule has 1 aromatic rings. The molecule has 94 valence electrons. The lowest BCUT2D eigenvalue weighted by molar-refractivity contribution is 0.543. The summed E-state index contributed by atoms with van der Waals surface area (Å²) in [5.41, 5.74) is 1.03. The van der Waals surface area contributed by atoms with Crippen molar-refractivity contribution in [3.8, 4) is 0 Å². The van der Waals surface area contributed by atoms with Gasteiger partial charge in [0.1, 0.15) is 5.82 Å². The molecule has 0 aliphatic heterocycles. The lowest BCUT2D eigenvalue weighted by Gasteiger charge is -2.11. The lowest BCUT2D eigenvalue weighted by atomic mass is 10.2. The van der Waals surface area contributed by atoms with Crippen molar-refractivity contribution in [3.05, 3.63) is 42.2 Å². The average Bonchev–Trinajstić information content (AvgIpc) is 2.28. The first-order valence-electron chi connectivity index (χ1n) is 5.87. The Bertz CT molecular complexity index is 363. The van der Waals surface area contributed by atoms with Gasteiger partial charge in [0.2, 0.25) is 0 Å². The van der Waals surface area contributed by atoms with Gasteiger partial charge >= 0.3 is 0 Å². The summed E-state index contributed by atoms with van der Waals surface area (Å²) in [6.45, 7) is 9.64. The molecule has 0 bridgehead atoms. The van der Waals surface area contributed by atoms with E-state index in [4.69, 9.17) is 0 Å². The van der Waals surface area contributed by atoms with Gasteiger partial charge in [-0.15, -0.1) is 18.3 Å². The van der Waals surface area contributed by atoms with Crippen LogP contribution in [-0.2, 0) is 6.54 Å². The Morgan fingerprint density at radius 1 is 1.47 bits per heavy atom. The molecule has 17 heavy (non-hydrogen) atoms. The Hall–Kier alpha value is -0.800. The van der Waals surface area contributed by atoms with Crippen LogP contribution in [0.5, 0.6) is 0 Å². The molecular formula is C14H20FNS. The minimum atomic E-state index is -0.138. The average molecular weight is 253 g/mol. The highest BCUT2D eigenvalue weighted by atomic mass is 32.2. The third-order valence-corrected chi connectivity index (χ3v) is 3.41. The second kappa shape index (κ2) is 7.51. The lowest BCUT2D eigenvalue weighted by Crippen LogP contribution is -2.19. The van der Waals surface area contributed by atoms with Gasteiger partial charge in [-0.1, -0.05) is 32.1 Å². The number of hydrogen-bond donors (Lipinski definition) is 1. The highest BCUT2D eigenvalue weighted by Crippen LogP contribution is 2.26. The summed E-state index contributed by atoms with van der Waals surface area (Å²) in [5, 5.41) is 3.34. The fraction of sp³-hybridized carbons (Fsp3) is 0.429. The summed E-state index contributed by atoms with van der Waals surface area (Å²) < 4.78 is 13.7.